The Hall–Kier alpha value is -6.99. The fourth-order valence-electron chi connectivity index (χ4n) is 17.0. The van der Waals surface area contributed by atoms with Gasteiger partial charge in [0.25, 0.3) is 0 Å². The van der Waals surface area contributed by atoms with E-state index in [2.05, 4.69) is 279 Å². The van der Waals surface area contributed by atoms with Crippen LogP contribution in [0.3, 0.4) is 0 Å². The van der Waals surface area contributed by atoms with E-state index < -0.39 is 25.5 Å². The number of fused-ring (bicyclic) bond motifs is 18. The number of rotatable bonds is 22. The smallest absolute Gasteiger partial charge is 0.404 e. The molecule has 6 bridgehead atoms. The van der Waals surface area contributed by atoms with Crippen molar-refractivity contribution in [2.24, 2.45) is 9.98 Å². The van der Waals surface area contributed by atoms with Crippen molar-refractivity contribution in [3.63, 3.8) is 0 Å². The van der Waals surface area contributed by atoms with Gasteiger partial charge in [0.1, 0.15) is 0 Å². The molecular formula is C92H114N4O2Si3. The maximum atomic E-state index is 9.78. The van der Waals surface area contributed by atoms with E-state index in [1.165, 1.54) is 86.9 Å². The van der Waals surface area contributed by atoms with Crippen LogP contribution >= 0.6 is 0 Å². The van der Waals surface area contributed by atoms with Gasteiger partial charge in [0.15, 0.2) is 16.6 Å². The van der Waals surface area contributed by atoms with Crippen molar-refractivity contribution in [1.82, 2.24) is 8.47 Å². The highest BCUT2D eigenvalue weighted by atomic mass is 28.5. The van der Waals surface area contributed by atoms with Gasteiger partial charge in [-0.15, -0.1) is 0 Å². The van der Waals surface area contributed by atoms with Gasteiger partial charge >= 0.3 is 8.88 Å². The summed E-state index contributed by atoms with van der Waals surface area (Å²) in [5, 5.41) is 16.9. The second kappa shape index (κ2) is 26.9. The van der Waals surface area contributed by atoms with Crippen LogP contribution < -0.4 is 10.7 Å². The first-order chi connectivity index (χ1) is 48.1. The minimum atomic E-state index is -4.47. The van der Waals surface area contributed by atoms with Crippen molar-refractivity contribution in [3.05, 3.63) is 188 Å². The van der Waals surface area contributed by atoms with Crippen LogP contribution in [0.25, 0.3) is 100 Å². The van der Waals surface area contributed by atoms with Crippen molar-refractivity contribution in [3.8, 4) is 0 Å². The van der Waals surface area contributed by atoms with E-state index in [0.717, 1.165) is 180 Å². The summed E-state index contributed by atoms with van der Waals surface area (Å²) in [4.78, 5) is 12.2. The van der Waals surface area contributed by atoms with Crippen molar-refractivity contribution < 1.29 is 8.23 Å². The Morgan fingerprint density at radius 3 is 0.931 bits per heavy atom. The molecule has 526 valence electrons. The Balaban J connectivity index is 1.30. The molecule has 0 aliphatic carbocycles. The van der Waals surface area contributed by atoms with Gasteiger partial charge in [0.2, 0.25) is 0 Å². The predicted octanol–water partition coefficient (Wildman–Crippen LogP) is 25.1. The van der Waals surface area contributed by atoms with Crippen molar-refractivity contribution in [2.75, 3.05) is 0 Å². The zero-order valence-electron chi connectivity index (χ0n) is 64.7. The average molecular weight is 1390 g/mol. The number of nitrogens with zero attached hydrogens (tertiary/aromatic N) is 4. The molecular weight excluding hydrogens is 1280 g/mol. The largest absolute Gasteiger partial charge is 0.577 e. The molecule has 2 aromatic heterocycles. The lowest BCUT2D eigenvalue weighted by atomic mass is 9.85. The Morgan fingerprint density at radius 1 is 0.317 bits per heavy atom. The molecule has 4 aliphatic rings. The molecule has 4 aliphatic heterocycles. The molecule has 6 heterocycles. The van der Waals surface area contributed by atoms with Gasteiger partial charge in [-0.3, -0.25) is 0 Å². The maximum Gasteiger partial charge on any atom is 0.577 e. The molecule has 8 aromatic carbocycles. The highest BCUT2D eigenvalue weighted by molar-refractivity contribution is 6.89. The van der Waals surface area contributed by atoms with E-state index in [1.807, 2.05) is 0 Å². The van der Waals surface area contributed by atoms with Gasteiger partial charge in [0, 0.05) is 65.9 Å². The van der Waals surface area contributed by atoms with Crippen LogP contribution in [0.2, 0.25) is 36.3 Å². The third-order valence-electron chi connectivity index (χ3n) is 23.3. The summed E-state index contributed by atoms with van der Waals surface area (Å²) in [6.45, 7) is 42.6. The third-order valence-corrected chi connectivity index (χ3v) is 38.6. The number of hydrogen-bond donors (Lipinski definition) is 0. The maximum absolute atomic E-state index is 9.78. The summed E-state index contributed by atoms with van der Waals surface area (Å²) >= 11 is 0. The van der Waals surface area contributed by atoms with Gasteiger partial charge in [-0.2, -0.15) is 0 Å². The number of aliphatic imine (C=N–C) groups is 2. The quantitative estimate of drug-likeness (QED) is 0.0635. The van der Waals surface area contributed by atoms with Gasteiger partial charge in [-0.25, -0.2) is 9.98 Å². The van der Waals surface area contributed by atoms with Gasteiger partial charge < -0.3 is 16.7 Å². The number of unbranched alkanes of at least 4 members (excludes halogenated alkanes) is 6. The molecule has 101 heavy (non-hydrogen) atoms. The lowest BCUT2D eigenvalue weighted by molar-refractivity contribution is 0.318. The number of hydrogen-bond acceptors (Lipinski definition) is 4. The summed E-state index contributed by atoms with van der Waals surface area (Å²) in [6.07, 6.45) is 23.6. The SMILES string of the molecule is CCCC[Si](CCCC)(CCCC)O[Si]1(O[Si](CCCC)(CCCC)CCCC)n2c3c4cc5ccc(C(C)(C)C)cc5cc4c2C=C2N=C(C=c4c5cc6ccc(C(C)(C)C)cc6cc5c(n41)=CC1=NC(=C3)c3cc4cc(C(C)(C)C)ccc4cc31)c1cc3cc(C(C)(C)C)ccc3cc12. The molecule has 0 unspecified atom stereocenters. The Labute approximate surface area is 607 Å². The van der Waals surface area contributed by atoms with E-state index in [9.17, 15) is 8.23 Å². The summed E-state index contributed by atoms with van der Waals surface area (Å²) in [7, 11) is -10.3. The van der Waals surface area contributed by atoms with E-state index in [0.29, 0.717) is 0 Å². The highest BCUT2D eigenvalue weighted by Gasteiger charge is 2.59. The molecule has 9 heteroatoms. The molecule has 0 saturated heterocycles. The highest BCUT2D eigenvalue weighted by Crippen LogP contribution is 2.48. The summed E-state index contributed by atoms with van der Waals surface area (Å²) in [5.74, 6) is 0. The van der Waals surface area contributed by atoms with E-state index in [4.69, 9.17) is 9.98 Å². The van der Waals surface area contributed by atoms with Gasteiger partial charge in [0.05, 0.1) is 22.8 Å². The molecule has 0 radical (unpaired) electrons. The molecule has 0 atom stereocenters. The van der Waals surface area contributed by atoms with Crippen LogP contribution in [0.1, 0.15) is 258 Å². The van der Waals surface area contributed by atoms with Crippen molar-refractivity contribution >= 4 is 137 Å². The fraction of sp³-hybridized carbons (Fsp3) is 0.435. The summed E-state index contributed by atoms with van der Waals surface area (Å²) < 4.78 is 25.3. The summed E-state index contributed by atoms with van der Waals surface area (Å²) in [5.41, 5.74) is 15.9. The molecule has 10 aromatic rings. The van der Waals surface area contributed by atoms with Crippen LogP contribution in [0.4, 0.5) is 0 Å². The molecule has 6 nitrogen and oxygen atoms in total. The number of aromatic nitrogens is 2. The zero-order chi connectivity index (χ0) is 71.3. The topological polar surface area (TPSA) is 53.0 Å². The normalized spacial score (nSPS) is 15.3. The van der Waals surface area contributed by atoms with Crippen LogP contribution in [-0.2, 0) is 29.9 Å². The standard InChI is InChI=1S/C92H114N4O2Si3/c1-19-25-39-99(40-26-20-2,41-27-21-3)97-101(98-100(42-28-22-4,43-29-23-5)44-30-24-6)95-85-59-83-75-53-65-45-69(89(7,8)9)35-31-61(65)49-73(75)81(93-83)57-87-80-56-68-48-72(92(16,17)18)38-34-64(68)52-78(80)86(96(87)101)60-84-76-54-66-46-70(90(10,11)12)36-32-62(66)50-74(76)82(94-84)58-88(95)79-55-67-47-71(91(13,14)15)37-33-63(67)51-77(79)85/h31-38,45-60H,19-30,39-44H2,1-18H3. The molecule has 0 saturated carbocycles. The first-order valence-corrected chi connectivity index (χ1v) is 46.1. The minimum absolute atomic E-state index is 0.0287. The number of benzene rings is 8. The molecule has 14 rings (SSSR count). The predicted molar refractivity (Wildman–Crippen MR) is 447 cm³/mol. The first kappa shape index (κ1) is 71.0. The second-order valence-electron chi connectivity index (χ2n) is 35.1. The molecule has 0 fully saturated rings. The first-order valence-electron chi connectivity index (χ1n) is 39.3. The van der Waals surface area contributed by atoms with Crippen molar-refractivity contribution in [1.29, 1.82) is 0 Å². The fourth-order valence-corrected chi connectivity index (χ4v) is 35.7. The van der Waals surface area contributed by atoms with Gasteiger partial charge in [-0.05, 0) is 196 Å². The van der Waals surface area contributed by atoms with Gasteiger partial charge in [-0.1, -0.05) is 274 Å². The van der Waals surface area contributed by atoms with Crippen LogP contribution in [0.5, 0.6) is 0 Å². The molecule has 0 N–H and O–H groups in total. The van der Waals surface area contributed by atoms with E-state index in [1.54, 1.807) is 0 Å². The average Bonchev–Trinajstić information content (AvgIpc) is 1.50. The summed E-state index contributed by atoms with van der Waals surface area (Å²) in [6, 6.07) is 55.5. The Morgan fingerprint density at radius 2 is 0.594 bits per heavy atom. The van der Waals surface area contributed by atoms with E-state index >= 15 is 0 Å². The molecule has 0 amide bonds. The third kappa shape index (κ3) is 13.0. The van der Waals surface area contributed by atoms with Crippen LogP contribution in [-0.4, -0.2) is 45.4 Å². The lowest BCUT2D eigenvalue weighted by Gasteiger charge is -2.48. The van der Waals surface area contributed by atoms with E-state index in [-0.39, 0.29) is 21.7 Å². The molecule has 0 spiro atoms. The van der Waals surface area contributed by atoms with Crippen molar-refractivity contribution in [2.45, 2.75) is 260 Å². The zero-order valence-corrected chi connectivity index (χ0v) is 67.7. The van der Waals surface area contributed by atoms with Crippen LogP contribution in [0.15, 0.2) is 131 Å². The Bertz CT molecular complexity index is 5140. The second-order valence-corrected chi connectivity index (χ2v) is 46.5. The lowest BCUT2D eigenvalue weighted by Crippen LogP contribution is -2.72. The minimum Gasteiger partial charge on any atom is -0.404 e. The Kier molecular flexibility index (Phi) is 18.9. The monoisotopic (exact) mass is 1390 g/mol. The van der Waals surface area contributed by atoms with Crippen LogP contribution in [0, 0.1) is 0 Å².